The third kappa shape index (κ3) is 3.08. The molecule has 0 atom stereocenters. The number of aryl methyl sites for hydroxylation is 1. The number of ketones is 1. The zero-order chi connectivity index (χ0) is 14.9. The fourth-order valence-corrected chi connectivity index (χ4v) is 2.24. The average Bonchev–Trinajstić information content (AvgIpc) is 2.69. The number of hydrogen-bond donors (Lipinski definition) is 1. The molecule has 104 valence electrons. The first-order valence-corrected chi connectivity index (χ1v) is 6.35. The molecule has 0 saturated carbocycles. The number of carbonyl (C=O) groups excluding carboxylic acids is 1. The lowest BCUT2D eigenvalue weighted by molar-refractivity contribution is -0.390. The summed E-state index contributed by atoms with van der Waals surface area (Å²) < 4.78 is 13.7. The van der Waals surface area contributed by atoms with Crippen LogP contribution in [0.1, 0.15) is 21.9 Å². The fourth-order valence-electron chi connectivity index (χ4n) is 1.77. The quantitative estimate of drug-likeness (QED) is 0.526. The minimum atomic E-state index is -0.635. The van der Waals surface area contributed by atoms with Crippen LogP contribution < -0.4 is 0 Å². The Kier molecular flexibility index (Phi) is 3.93. The highest BCUT2D eigenvalue weighted by Gasteiger charge is 2.21. The third-order valence-electron chi connectivity index (χ3n) is 2.57. The van der Waals surface area contributed by atoms with Gasteiger partial charge in [0.2, 0.25) is 0 Å². The molecule has 1 aromatic carbocycles. The highest BCUT2D eigenvalue weighted by atomic mass is 79.9. The first-order chi connectivity index (χ1) is 9.36. The Morgan fingerprint density at radius 1 is 1.50 bits per heavy atom. The van der Waals surface area contributed by atoms with Crippen LogP contribution >= 0.6 is 15.9 Å². The Bertz CT molecular complexity index is 679. The molecule has 0 radical (unpaired) electrons. The molecule has 0 unspecified atom stereocenters. The van der Waals surface area contributed by atoms with E-state index >= 15 is 0 Å². The van der Waals surface area contributed by atoms with Crippen molar-refractivity contribution in [2.24, 2.45) is 0 Å². The van der Waals surface area contributed by atoms with E-state index in [4.69, 9.17) is 0 Å². The first kappa shape index (κ1) is 14.3. The lowest BCUT2D eigenvalue weighted by Gasteiger charge is -2.01. The summed E-state index contributed by atoms with van der Waals surface area (Å²) in [4.78, 5) is 28.6. The van der Waals surface area contributed by atoms with Gasteiger partial charge in [0.05, 0.1) is 6.42 Å². The normalized spacial score (nSPS) is 10.6. The van der Waals surface area contributed by atoms with Crippen molar-refractivity contribution in [2.75, 3.05) is 0 Å². The zero-order valence-electron chi connectivity index (χ0n) is 10.3. The van der Waals surface area contributed by atoms with E-state index in [1.165, 1.54) is 12.1 Å². The van der Waals surface area contributed by atoms with Crippen LogP contribution in [-0.4, -0.2) is 20.7 Å². The SMILES string of the molecule is Cc1nc(CC(=O)c2cc(F)cc(Br)c2)c([N+](=O)[O-])[nH]1. The van der Waals surface area contributed by atoms with Crippen molar-refractivity contribution in [2.45, 2.75) is 13.3 Å². The molecule has 0 aliphatic rings. The van der Waals surface area contributed by atoms with Gasteiger partial charge in [0.1, 0.15) is 11.5 Å². The second-order valence-corrected chi connectivity index (χ2v) is 5.05. The van der Waals surface area contributed by atoms with Crippen LogP contribution in [0.2, 0.25) is 0 Å². The highest BCUT2D eigenvalue weighted by molar-refractivity contribution is 9.10. The van der Waals surface area contributed by atoms with Crippen LogP contribution in [-0.2, 0) is 6.42 Å². The van der Waals surface area contributed by atoms with Crippen molar-refractivity contribution in [3.8, 4) is 0 Å². The van der Waals surface area contributed by atoms with Gasteiger partial charge in [-0.15, -0.1) is 0 Å². The van der Waals surface area contributed by atoms with Crippen LogP contribution in [0.25, 0.3) is 0 Å². The molecule has 2 aromatic rings. The lowest BCUT2D eigenvalue weighted by atomic mass is 10.1. The van der Waals surface area contributed by atoms with Gasteiger partial charge in [0.15, 0.2) is 11.6 Å². The van der Waals surface area contributed by atoms with Crippen molar-refractivity contribution >= 4 is 27.5 Å². The molecule has 2 rings (SSSR count). The molecule has 0 bridgehead atoms. The third-order valence-corrected chi connectivity index (χ3v) is 3.03. The molecule has 0 saturated heterocycles. The minimum Gasteiger partial charge on any atom is -0.358 e. The first-order valence-electron chi connectivity index (χ1n) is 5.56. The largest absolute Gasteiger partial charge is 0.358 e. The minimum absolute atomic E-state index is 0.0397. The Morgan fingerprint density at radius 2 is 2.20 bits per heavy atom. The van der Waals surface area contributed by atoms with Gasteiger partial charge in [-0.1, -0.05) is 15.9 Å². The predicted molar refractivity (Wildman–Crippen MR) is 72.1 cm³/mol. The molecule has 6 nitrogen and oxygen atoms in total. The van der Waals surface area contributed by atoms with Crippen molar-refractivity contribution in [3.05, 3.63) is 55.7 Å². The van der Waals surface area contributed by atoms with Gasteiger partial charge in [0.25, 0.3) is 0 Å². The number of hydrogen-bond acceptors (Lipinski definition) is 4. The molecule has 1 N–H and O–H groups in total. The molecule has 8 heteroatoms. The Labute approximate surface area is 121 Å². The highest BCUT2D eigenvalue weighted by Crippen LogP contribution is 2.20. The molecule has 0 fully saturated rings. The van der Waals surface area contributed by atoms with Crippen LogP contribution in [0.5, 0.6) is 0 Å². The van der Waals surface area contributed by atoms with E-state index in [0.717, 1.165) is 6.07 Å². The fraction of sp³-hybridized carbons (Fsp3) is 0.167. The van der Waals surface area contributed by atoms with Crippen LogP contribution in [0, 0.1) is 22.9 Å². The summed E-state index contributed by atoms with van der Waals surface area (Å²) in [7, 11) is 0. The summed E-state index contributed by atoms with van der Waals surface area (Å²) in [6.45, 7) is 1.56. The molecule has 0 aliphatic heterocycles. The maximum Gasteiger partial charge on any atom is 0.344 e. The number of halogens is 2. The van der Waals surface area contributed by atoms with Crippen molar-refractivity contribution in [1.82, 2.24) is 9.97 Å². The number of rotatable bonds is 4. The summed E-state index contributed by atoms with van der Waals surface area (Å²) in [6.07, 6.45) is -0.267. The Hall–Kier alpha value is -2.09. The van der Waals surface area contributed by atoms with Gasteiger partial charge in [0, 0.05) is 17.0 Å². The molecule has 0 spiro atoms. The Morgan fingerprint density at radius 3 is 2.80 bits per heavy atom. The summed E-state index contributed by atoms with van der Waals surface area (Å²) in [5, 5.41) is 10.8. The van der Waals surface area contributed by atoms with E-state index in [2.05, 4.69) is 25.9 Å². The number of nitrogens with one attached hydrogen (secondary N) is 1. The number of benzene rings is 1. The van der Waals surface area contributed by atoms with E-state index in [9.17, 15) is 19.3 Å². The van der Waals surface area contributed by atoms with Gasteiger partial charge < -0.3 is 10.1 Å². The molecular weight excluding hydrogens is 333 g/mol. The molecule has 0 amide bonds. The van der Waals surface area contributed by atoms with Crippen molar-refractivity contribution in [3.63, 3.8) is 0 Å². The number of H-pyrrole nitrogens is 1. The number of carbonyl (C=O) groups is 1. The smallest absolute Gasteiger partial charge is 0.344 e. The number of nitro groups is 1. The molecular formula is C12H9BrFN3O3. The number of nitrogens with zero attached hydrogens (tertiary/aromatic N) is 2. The number of imidazole rings is 1. The van der Waals surface area contributed by atoms with Gasteiger partial charge in [-0.25, -0.2) is 14.4 Å². The second kappa shape index (κ2) is 5.49. The standard InChI is InChI=1S/C12H9BrFN3O3/c1-6-15-10(12(16-6)17(19)20)5-11(18)7-2-8(13)4-9(14)3-7/h2-4H,5H2,1H3,(H,15,16). The second-order valence-electron chi connectivity index (χ2n) is 4.13. The number of aromatic amines is 1. The molecule has 0 aliphatic carbocycles. The van der Waals surface area contributed by atoms with E-state index in [0.29, 0.717) is 10.3 Å². The summed E-state index contributed by atoms with van der Waals surface area (Å²) >= 11 is 3.09. The summed E-state index contributed by atoms with van der Waals surface area (Å²) in [5.74, 6) is -0.971. The average molecular weight is 342 g/mol. The van der Waals surface area contributed by atoms with E-state index in [1.54, 1.807) is 6.92 Å². The van der Waals surface area contributed by atoms with Gasteiger partial charge in [-0.3, -0.25) is 4.79 Å². The number of Topliss-reactive ketones (excluding diaryl/α,β-unsaturated/α-hetero) is 1. The van der Waals surface area contributed by atoms with Crippen LogP contribution in [0.4, 0.5) is 10.2 Å². The van der Waals surface area contributed by atoms with E-state index in [1.807, 2.05) is 0 Å². The van der Waals surface area contributed by atoms with Gasteiger partial charge >= 0.3 is 5.82 Å². The molecule has 1 heterocycles. The predicted octanol–water partition coefficient (Wildman–Crippen LogP) is 2.95. The van der Waals surface area contributed by atoms with Crippen LogP contribution in [0.3, 0.4) is 0 Å². The summed E-state index contributed by atoms with van der Waals surface area (Å²) in [5.41, 5.74) is 0.171. The molecule has 1 aromatic heterocycles. The van der Waals surface area contributed by atoms with Crippen molar-refractivity contribution in [1.29, 1.82) is 0 Å². The van der Waals surface area contributed by atoms with Gasteiger partial charge in [-0.05, 0) is 23.1 Å². The Balaban J connectivity index is 2.30. The van der Waals surface area contributed by atoms with E-state index < -0.39 is 16.5 Å². The van der Waals surface area contributed by atoms with E-state index in [-0.39, 0.29) is 23.5 Å². The topological polar surface area (TPSA) is 88.9 Å². The maximum absolute atomic E-state index is 13.2. The van der Waals surface area contributed by atoms with Crippen molar-refractivity contribution < 1.29 is 14.1 Å². The number of aromatic nitrogens is 2. The zero-order valence-corrected chi connectivity index (χ0v) is 11.9. The van der Waals surface area contributed by atoms with Gasteiger partial charge in [-0.2, -0.15) is 0 Å². The summed E-state index contributed by atoms with van der Waals surface area (Å²) in [6, 6.07) is 3.76. The monoisotopic (exact) mass is 341 g/mol. The van der Waals surface area contributed by atoms with Crippen LogP contribution in [0.15, 0.2) is 22.7 Å². The lowest BCUT2D eigenvalue weighted by Crippen LogP contribution is -2.06. The maximum atomic E-state index is 13.2. The molecule has 20 heavy (non-hydrogen) atoms.